The number of para-hydroxylation sites is 2. The SMILES string of the molecule is O=C(Nc1ccccc1N1CCCCC1)c1csc(C2CCN(CCCCCO)CC2)n1. The molecule has 0 saturated carbocycles. The number of piperidine rings is 2. The average molecular weight is 457 g/mol. The number of rotatable bonds is 9. The van der Waals surface area contributed by atoms with Gasteiger partial charge < -0.3 is 20.2 Å². The number of nitrogens with one attached hydrogen (secondary N) is 1. The second-order valence-electron chi connectivity index (χ2n) is 8.99. The summed E-state index contributed by atoms with van der Waals surface area (Å²) in [4.78, 5) is 22.6. The summed E-state index contributed by atoms with van der Waals surface area (Å²) in [5.41, 5.74) is 2.52. The van der Waals surface area contributed by atoms with E-state index in [0.717, 1.165) is 81.2 Å². The highest BCUT2D eigenvalue weighted by Crippen LogP contribution is 2.32. The fraction of sp³-hybridized carbons (Fsp3) is 0.600. The molecule has 3 heterocycles. The number of hydrogen-bond donors (Lipinski definition) is 2. The number of likely N-dealkylation sites (tertiary alicyclic amines) is 1. The van der Waals surface area contributed by atoms with Crippen LogP contribution in [0.2, 0.25) is 0 Å². The number of nitrogens with zero attached hydrogens (tertiary/aromatic N) is 3. The number of carbonyl (C=O) groups is 1. The van der Waals surface area contributed by atoms with E-state index in [1.165, 1.54) is 19.3 Å². The zero-order valence-electron chi connectivity index (χ0n) is 19.0. The molecule has 2 aliphatic heterocycles. The normalized spacial score (nSPS) is 18.1. The van der Waals surface area contributed by atoms with E-state index in [2.05, 4.69) is 21.2 Å². The number of aliphatic hydroxyl groups excluding tert-OH is 1. The fourth-order valence-electron chi connectivity index (χ4n) is 4.78. The van der Waals surface area contributed by atoms with Crippen LogP contribution in [0.25, 0.3) is 0 Å². The Morgan fingerprint density at radius 1 is 1.06 bits per heavy atom. The minimum atomic E-state index is -0.113. The number of aliphatic hydroxyl groups is 1. The molecule has 1 aromatic heterocycles. The second kappa shape index (κ2) is 11.8. The summed E-state index contributed by atoms with van der Waals surface area (Å²) < 4.78 is 0. The van der Waals surface area contributed by atoms with Crippen LogP contribution >= 0.6 is 11.3 Å². The first-order chi connectivity index (χ1) is 15.7. The lowest BCUT2D eigenvalue weighted by atomic mass is 9.97. The molecule has 1 amide bonds. The van der Waals surface area contributed by atoms with Gasteiger partial charge in [-0.3, -0.25) is 4.79 Å². The van der Waals surface area contributed by atoms with Gasteiger partial charge in [-0.05, 0) is 83.1 Å². The van der Waals surface area contributed by atoms with E-state index in [-0.39, 0.29) is 5.91 Å². The van der Waals surface area contributed by atoms with Crippen molar-refractivity contribution < 1.29 is 9.90 Å². The first-order valence-corrected chi connectivity index (χ1v) is 13.1. The first kappa shape index (κ1) is 23.2. The molecular formula is C25H36N4O2S. The van der Waals surface area contributed by atoms with Crippen LogP contribution in [0.1, 0.15) is 72.8 Å². The Balaban J connectivity index is 1.31. The highest BCUT2D eigenvalue weighted by atomic mass is 32.1. The van der Waals surface area contributed by atoms with E-state index in [1.54, 1.807) is 11.3 Å². The van der Waals surface area contributed by atoms with Crippen LogP contribution in [0.15, 0.2) is 29.6 Å². The van der Waals surface area contributed by atoms with Gasteiger partial charge in [-0.15, -0.1) is 11.3 Å². The van der Waals surface area contributed by atoms with Crippen molar-refractivity contribution in [2.45, 2.75) is 57.3 Å². The van der Waals surface area contributed by atoms with Crippen molar-refractivity contribution in [1.29, 1.82) is 0 Å². The summed E-state index contributed by atoms with van der Waals surface area (Å²) in [5.74, 6) is 0.342. The molecule has 2 aromatic rings. The smallest absolute Gasteiger partial charge is 0.275 e. The van der Waals surface area contributed by atoms with E-state index in [4.69, 9.17) is 10.1 Å². The standard InChI is InChI=1S/C25H36N4O2S/c30-18-8-2-5-13-28-16-11-20(12-17-28)25-27-22(19-32-25)24(31)26-21-9-3-4-10-23(21)29-14-6-1-7-15-29/h3-4,9-10,19-20,30H,1-2,5-8,11-18H2,(H,26,31). The summed E-state index contributed by atoms with van der Waals surface area (Å²) in [7, 11) is 0. The summed E-state index contributed by atoms with van der Waals surface area (Å²) in [6.45, 7) is 5.70. The van der Waals surface area contributed by atoms with Crippen LogP contribution in [0.4, 0.5) is 11.4 Å². The maximum Gasteiger partial charge on any atom is 0.275 e. The fourth-order valence-corrected chi connectivity index (χ4v) is 5.75. The lowest BCUT2D eigenvalue weighted by Gasteiger charge is -2.31. The number of thiazole rings is 1. The summed E-state index contributed by atoms with van der Waals surface area (Å²) in [6.07, 6.45) is 9.07. The number of benzene rings is 1. The van der Waals surface area contributed by atoms with Gasteiger partial charge in [0.05, 0.1) is 16.4 Å². The molecule has 0 radical (unpaired) electrons. The third-order valence-corrected chi connectivity index (χ3v) is 7.68. The Morgan fingerprint density at radius 3 is 2.62 bits per heavy atom. The van der Waals surface area contributed by atoms with Crippen LogP contribution in [0, 0.1) is 0 Å². The molecule has 0 spiro atoms. The van der Waals surface area contributed by atoms with Crippen molar-refractivity contribution in [2.24, 2.45) is 0 Å². The number of unbranched alkanes of at least 4 members (excludes halogenated alkanes) is 2. The zero-order valence-corrected chi connectivity index (χ0v) is 19.8. The molecule has 2 saturated heterocycles. The van der Waals surface area contributed by atoms with Crippen LogP contribution in [-0.2, 0) is 0 Å². The third kappa shape index (κ3) is 6.09. The molecule has 2 N–H and O–H groups in total. The van der Waals surface area contributed by atoms with E-state index < -0.39 is 0 Å². The Bertz CT molecular complexity index is 857. The minimum absolute atomic E-state index is 0.113. The predicted molar refractivity (Wildman–Crippen MR) is 132 cm³/mol. The third-order valence-electron chi connectivity index (χ3n) is 6.67. The Morgan fingerprint density at radius 2 is 1.84 bits per heavy atom. The number of hydrogen-bond acceptors (Lipinski definition) is 6. The molecule has 0 bridgehead atoms. The quantitative estimate of drug-likeness (QED) is 0.534. The van der Waals surface area contributed by atoms with E-state index in [0.29, 0.717) is 18.2 Å². The second-order valence-corrected chi connectivity index (χ2v) is 9.88. The maximum absolute atomic E-state index is 13.0. The van der Waals surface area contributed by atoms with Gasteiger partial charge in [0.2, 0.25) is 0 Å². The van der Waals surface area contributed by atoms with Crippen molar-refractivity contribution >= 4 is 28.6 Å². The number of carbonyl (C=O) groups excluding carboxylic acids is 1. The largest absolute Gasteiger partial charge is 0.396 e. The van der Waals surface area contributed by atoms with Gasteiger partial charge in [-0.2, -0.15) is 0 Å². The molecule has 2 fully saturated rings. The van der Waals surface area contributed by atoms with Crippen LogP contribution in [-0.4, -0.2) is 60.2 Å². The molecule has 4 rings (SSSR count). The molecule has 32 heavy (non-hydrogen) atoms. The molecule has 1 aromatic carbocycles. The highest BCUT2D eigenvalue weighted by Gasteiger charge is 2.24. The van der Waals surface area contributed by atoms with Crippen LogP contribution < -0.4 is 10.2 Å². The molecule has 0 unspecified atom stereocenters. The van der Waals surface area contributed by atoms with E-state index in [1.807, 2.05) is 23.6 Å². The topological polar surface area (TPSA) is 68.7 Å². The summed E-state index contributed by atoms with van der Waals surface area (Å²) in [5, 5.41) is 15.0. The van der Waals surface area contributed by atoms with Gasteiger partial charge in [-0.1, -0.05) is 12.1 Å². The van der Waals surface area contributed by atoms with Gasteiger partial charge in [0.25, 0.3) is 5.91 Å². The molecule has 174 valence electrons. The Labute approximate surface area is 195 Å². The monoisotopic (exact) mass is 456 g/mol. The Hall–Kier alpha value is -1.96. The average Bonchev–Trinajstić information content (AvgIpc) is 3.34. The van der Waals surface area contributed by atoms with Crippen molar-refractivity contribution in [2.75, 3.05) is 49.5 Å². The molecule has 0 atom stereocenters. The van der Waals surface area contributed by atoms with Crippen LogP contribution in [0.3, 0.4) is 0 Å². The predicted octanol–water partition coefficient (Wildman–Crippen LogP) is 4.73. The molecule has 2 aliphatic rings. The molecule has 0 aliphatic carbocycles. The lowest BCUT2D eigenvalue weighted by molar-refractivity contribution is 0.102. The van der Waals surface area contributed by atoms with Crippen molar-refractivity contribution in [1.82, 2.24) is 9.88 Å². The summed E-state index contributed by atoms with van der Waals surface area (Å²) >= 11 is 1.62. The van der Waals surface area contributed by atoms with Crippen molar-refractivity contribution in [3.05, 3.63) is 40.3 Å². The lowest BCUT2D eigenvalue weighted by Crippen LogP contribution is -2.33. The molecule has 7 heteroatoms. The van der Waals surface area contributed by atoms with Crippen molar-refractivity contribution in [3.63, 3.8) is 0 Å². The highest BCUT2D eigenvalue weighted by molar-refractivity contribution is 7.10. The van der Waals surface area contributed by atoms with Gasteiger partial charge in [0, 0.05) is 31.0 Å². The van der Waals surface area contributed by atoms with Gasteiger partial charge in [0.1, 0.15) is 5.69 Å². The first-order valence-electron chi connectivity index (χ1n) is 12.2. The Kier molecular flexibility index (Phi) is 8.54. The van der Waals surface area contributed by atoms with Gasteiger partial charge in [-0.25, -0.2) is 4.98 Å². The maximum atomic E-state index is 13.0. The molecular weight excluding hydrogens is 420 g/mol. The zero-order chi connectivity index (χ0) is 22.2. The summed E-state index contributed by atoms with van der Waals surface area (Å²) in [6, 6.07) is 8.11. The number of amides is 1. The number of aromatic nitrogens is 1. The van der Waals surface area contributed by atoms with Gasteiger partial charge in [0.15, 0.2) is 0 Å². The van der Waals surface area contributed by atoms with E-state index in [9.17, 15) is 4.79 Å². The van der Waals surface area contributed by atoms with E-state index >= 15 is 0 Å². The van der Waals surface area contributed by atoms with Crippen molar-refractivity contribution in [3.8, 4) is 0 Å². The van der Waals surface area contributed by atoms with Gasteiger partial charge >= 0.3 is 0 Å². The number of anilines is 2. The van der Waals surface area contributed by atoms with Crippen LogP contribution in [0.5, 0.6) is 0 Å². The minimum Gasteiger partial charge on any atom is -0.396 e. The molecule has 6 nitrogen and oxygen atoms in total.